The Kier molecular flexibility index (Phi) is 6.57. The highest BCUT2D eigenvalue weighted by Crippen LogP contribution is 2.71. The van der Waals surface area contributed by atoms with Crippen LogP contribution in [0.4, 0.5) is 17.6 Å². The first-order valence-corrected chi connectivity index (χ1v) is 14.9. The monoisotopic (exact) mass is 554 g/mol. The summed E-state index contributed by atoms with van der Waals surface area (Å²) in [6.07, 6.45) is 1.37. The second-order valence-corrected chi connectivity index (χ2v) is 14.1. The van der Waals surface area contributed by atoms with E-state index in [1.807, 2.05) is 0 Å². The molecule has 10 heteroatoms. The lowest BCUT2D eigenvalue weighted by atomic mass is 9.84. The number of hydrogen-bond acceptors (Lipinski definition) is 4. The van der Waals surface area contributed by atoms with Crippen molar-refractivity contribution in [1.82, 2.24) is 0 Å². The van der Waals surface area contributed by atoms with Crippen LogP contribution in [0.3, 0.4) is 0 Å². The van der Waals surface area contributed by atoms with Gasteiger partial charge in [-0.1, -0.05) is 42.8 Å². The lowest BCUT2D eigenvalue weighted by Gasteiger charge is -2.41. The van der Waals surface area contributed by atoms with E-state index in [9.17, 15) is 13.5 Å². The smallest absolute Gasteiger partial charge is 0.432 e. The zero-order valence-corrected chi connectivity index (χ0v) is 21.3. The molecule has 37 heavy (non-hydrogen) atoms. The maximum atomic E-state index is 15.6. The van der Waals surface area contributed by atoms with E-state index in [0.29, 0.717) is 19.3 Å². The van der Waals surface area contributed by atoms with Gasteiger partial charge in [-0.05, 0) is 89.9 Å². The Labute approximate surface area is 214 Å². The summed E-state index contributed by atoms with van der Waals surface area (Å²) in [5, 5.41) is 4.37. The van der Waals surface area contributed by atoms with Crippen LogP contribution in [-0.2, 0) is 13.7 Å². The Morgan fingerprint density at radius 1 is 0.730 bits per heavy atom. The second kappa shape index (κ2) is 9.32. The van der Waals surface area contributed by atoms with Crippen molar-refractivity contribution >= 4 is 20.4 Å². The predicted octanol–water partition coefficient (Wildman–Crippen LogP) is 7.60. The standard InChI is InChI=1S/C27H26F4O4S2/c28-26(29,25-18-19-11-12-20(25)17-19)27(30,31)37(33,34)35-36(22-7-3-1-4-8-22,23-9-5-2-6-10-23)24-15-13-21(32)14-16-24/h1-10,13-16,19-20,25,32H,11-12,17-18H2. The number of alkyl halides is 4. The molecule has 2 aliphatic carbocycles. The van der Waals surface area contributed by atoms with E-state index in [2.05, 4.69) is 0 Å². The van der Waals surface area contributed by atoms with Crippen LogP contribution in [-0.4, -0.2) is 24.7 Å². The summed E-state index contributed by atoms with van der Waals surface area (Å²) in [5.74, 6) is -7.41. The minimum Gasteiger partial charge on any atom is -0.508 e. The maximum Gasteiger partial charge on any atom is 0.432 e. The van der Waals surface area contributed by atoms with Crippen molar-refractivity contribution < 1.29 is 34.7 Å². The molecule has 4 nitrogen and oxygen atoms in total. The molecule has 0 radical (unpaired) electrons. The molecule has 3 atom stereocenters. The molecule has 3 aromatic carbocycles. The van der Waals surface area contributed by atoms with E-state index in [1.165, 1.54) is 48.5 Å². The summed E-state index contributed by atoms with van der Waals surface area (Å²) >= 11 is 0. The van der Waals surface area contributed by atoms with Crippen molar-refractivity contribution in [3.05, 3.63) is 84.9 Å². The Morgan fingerprint density at radius 2 is 1.24 bits per heavy atom. The van der Waals surface area contributed by atoms with Crippen LogP contribution in [0.1, 0.15) is 25.7 Å². The van der Waals surface area contributed by atoms with Crippen LogP contribution in [0.15, 0.2) is 99.6 Å². The van der Waals surface area contributed by atoms with Crippen LogP contribution in [0.2, 0.25) is 0 Å². The molecular formula is C27H26F4O4S2. The van der Waals surface area contributed by atoms with Crippen LogP contribution < -0.4 is 0 Å². The molecule has 5 rings (SSSR count). The average molecular weight is 555 g/mol. The molecule has 3 aromatic rings. The minimum absolute atomic E-state index is 0.0874. The number of aromatic hydroxyl groups is 1. The van der Waals surface area contributed by atoms with Gasteiger partial charge in [0.25, 0.3) is 0 Å². The third-order valence-electron chi connectivity index (χ3n) is 7.42. The molecule has 3 unspecified atom stereocenters. The normalized spacial score (nSPS) is 22.8. The highest BCUT2D eigenvalue weighted by molar-refractivity contribution is 8.33. The van der Waals surface area contributed by atoms with E-state index < -0.39 is 43.4 Å². The van der Waals surface area contributed by atoms with Crippen molar-refractivity contribution in [3.63, 3.8) is 0 Å². The number of phenolic OH excluding ortho intramolecular Hbond substituents is 1. The molecule has 2 fully saturated rings. The second-order valence-electron chi connectivity index (χ2n) is 9.62. The van der Waals surface area contributed by atoms with Gasteiger partial charge in [0.05, 0.1) is 0 Å². The summed E-state index contributed by atoms with van der Waals surface area (Å²) in [6.45, 7) is 0. The van der Waals surface area contributed by atoms with E-state index >= 15 is 17.6 Å². The van der Waals surface area contributed by atoms with Gasteiger partial charge in [0, 0.05) is 20.6 Å². The zero-order valence-electron chi connectivity index (χ0n) is 19.6. The topological polar surface area (TPSA) is 63.6 Å². The van der Waals surface area contributed by atoms with Gasteiger partial charge in [-0.25, -0.2) is 3.63 Å². The fraction of sp³-hybridized carbons (Fsp3) is 0.333. The Bertz CT molecular complexity index is 1310. The van der Waals surface area contributed by atoms with Crippen LogP contribution in [0.25, 0.3) is 0 Å². The van der Waals surface area contributed by atoms with Crippen LogP contribution in [0.5, 0.6) is 5.75 Å². The van der Waals surface area contributed by atoms with E-state index in [4.69, 9.17) is 3.63 Å². The third-order valence-corrected chi connectivity index (χ3v) is 12.7. The van der Waals surface area contributed by atoms with Crippen molar-refractivity contribution in [1.29, 1.82) is 0 Å². The number of fused-ring (bicyclic) bond motifs is 2. The van der Waals surface area contributed by atoms with Gasteiger partial charge in [-0.2, -0.15) is 26.0 Å². The molecule has 1 N–H and O–H groups in total. The summed E-state index contributed by atoms with van der Waals surface area (Å²) in [5.41, 5.74) is 0. The summed E-state index contributed by atoms with van der Waals surface area (Å²) < 4.78 is 94.4. The molecule has 2 saturated carbocycles. The van der Waals surface area contributed by atoms with Gasteiger partial charge in [0.15, 0.2) is 0 Å². The Hall–Kier alpha value is -2.56. The number of hydrogen-bond donors (Lipinski definition) is 1. The van der Waals surface area contributed by atoms with Gasteiger partial charge in [-0.15, -0.1) is 0 Å². The highest BCUT2D eigenvalue weighted by Gasteiger charge is 2.73. The molecule has 0 saturated heterocycles. The number of phenols is 1. The Morgan fingerprint density at radius 3 is 1.70 bits per heavy atom. The molecule has 2 aliphatic rings. The lowest BCUT2D eigenvalue weighted by Crippen LogP contribution is -2.53. The molecule has 0 amide bonds. The quantitative estimate of drug-likeness (QED) is 0.291. The van der Waals surface area contributed by atoms with Crippen LogP contribution in [0, 0.1) is 17.8 Å². The third kappa shape index (κ3) is 4.23. The van der Waals surface area contributed by atoms with Crippen molar-refractivity contribution in [2.75, 3.05) is 0 Å². The molecule has 198 valence electrons. The summed E-state index contributed by atoms with van der Waals surface area (Å²) in [7, 11) is -9.69. The number of benzene rings is 3. The van der Waals surface area contributed by atoms with Crippen molar-refractivity contribution in [3.8, 4) is 5.75 Å². The maximum absolute atomic E-state index is 15.6. The minimum atomic E-state index is -6.19. The average Bonchev–Trinajstić information content (AvgIpc) is 3.53. The fourth-order valence-electron chi connectivity index (χ4n) is 5.64. The van der Waals surface area contributed by atoms with E-state index in [-0.39, 0.29) is 32.8 Å². The molecule has 2 bridgehead atoms. The first-order chi connectivity index (χ1) is 17.5. The number of halogens is 4. The largest absolute Gasteiger partial charge is 0.508 e. The predicted molar refractivity (Wildman–Crippen MR) is 132 cm³/mol. The SMILES string of the molecule is O=S(=O)(OS(c1ccccc1)(c1ccccc1)c1ccc(O)cc1)C(F)(F)C(F)(F)C1CC2CCC1C2. The van der Waals surface area contributed by atoms with E-state index in [0.717, 1.165) is 0 Å². The molecule has 0 aromatic heterocycles. The van der Waals surface area contributed by atoms with Crippen molar-refractivity contribution in [2.24, 2.45) is 17.8 Å². The molecule has 0 aliphatic heterocycles. The number of rotatable bonds is 8. The molecule has 0 spiro atoms. The van der Waals surface area contributed by atoms with E-state index in [1.54, 1.807) is 36.4 Å². The lowest BCUT2D eigenvalue weighted by molar-refractivity contribution is -0.202. The molecular weight excluding hydrogens is 528 g/mol. The van der Waals surface area contributed by atoms with Gasteiger partial charge < -0.3 is 5.11 Å². The first-order valence-electron chi connectivity index (χ1n) is 11.9. The van der Waals surface area contributed by atoms with Gasteiger partial charge in [0.1, 0.15) is 5.75 Å². The Balaban J connectivity index is 1.67. The van der Waals surface area contributed by atoms with Gasteiger partial charge in [0.2, 0.25) is 0 Å². The highest BCUT2D eigenvalue weighted by atomic mass is 32.3. The van der Waals surface area contributed by atoms with Crippen LogP contribution >= 0.6 is 10.3 Å². The fourth-order valence-corrected chi connectivity index (χ4v) is 10.9. The van der Waals surface area contributed by atoms with Crippen molar-refractivity contribution in [2.45, 2.75) is 51.5 Å². The van der Waals surface area contributed by atoms with Gasteiger partial charge >= 0.3 is 21.3 Å². The zero-order chi connectivity index (χ0) is 26.5. The summed E-state index contributed by atoms with van der Waals surface area (Å²) in [6, 6.07) is 20.9. The summed E-state index contributed by atoms with van der Waals surface area (Å²) in [4.78, 5) is 0.578. The molecule has 0 heterocycles. The van der Waals surface area contributed by atoms with Gasteiger partial charge in [-0.3, -0.25) is 0 Å². The first kappa shape index (κ1) is 26.1.